The highest BCUT2D eigenvalue weighted by Gasteiger charge is 2.39. The molecule has 0 bridgehead atoms. The molecule has 1 aliphatic carbocycles. The fraction of sp³-hybridized carbons (Fsp3) is 0.650. The van der Waals surface area contributed by atoms with Gasteiger partial charge in [0.15, 0.2) is 6.61 Å². The Hall–Kier alpha value is -1.64. The summed E-state index contributed by atoms with van der Waals surface area (Å²) in [4.78, 5) is 14.6. The average Bonchev–Trinajstić information content (AvgIpc) is 2.60. The number of likely N-dealkylation sites (tertiary alicyclic amines) is 1. The number of piperidine rings is 1. The van der Waals surface area contributed by atoms with Gasteiger partial charge in [0.05, 0.1) is 17.9 Å². The van der Waals surface area contributed by atoms with Crippen molar-refractivity contribution in [3.8, 4) is 5.75 Å². The van der Waals surface area contributed by atoms with Crippen LogP contribution in [0.5, 0.6) is 5.75 Å². The Morgan fingerprint density at radius 1 is 1.21 bits per heavy atom. The molecule has 1 saturated heterocycles. The number of aryl methyl sites for hydroxylation is 1. The lowest BCUT2D eigenvalue weighted by molar-refractivity contribution is -0.139. The summed E-state index contributed by atoms with van der Waals surface area (Å²) in [5, 5.41) is -0.300. The average molecular weight is 411 g/mol. The first-order valence-electron chi connectivity index (χ1n) is 9.90. The zero-order chi connectivity index (χ0) is 20.1. The van der Waals surface area contributed by atoms with Gasteiger partial charge in [0.1, 0.15) is 5.75 Å². The maximum absolute atomic E-state index is 12.8. The van der Waals surface area contributed by atoms with Gasteiger partial charge >= 0.3 is 0 Å². The molecule has 0 spiro atoms. The number of carbonyl (C=O) groups excluding carboxylic acids is 1. The van der Waals surface area contributed by atoms with Crippen molar-refractivity contribution in [1.82, 2.24) is 9.62 Å². The molecule has 156 valence electrons. The molecule has 1 aromatic rings. The number of hydrogen-bond donors (Lipinski definition) is 1. The van der Waals surface area contributed by atoms with Crippen molar-refractivity contribution < 1.29 is 22.7 Å². The quantitative estimate of drug-likeness (QED) is 0.707. The van der Waals surface area contributed by atoms with Crippen LogP contribution >= 0.6 is 0 Å². The summed E-state index contributed by atoms with van der Waals surface area (Å²) in [5.74, 6) is 0.524. The van der Waals surface area contributed by atoms with Crippen LogP contribution < -0.4 is 9.46 Å². The number of methoxy groups -OCH3 is 1. The van der Waals surface area contributed by atoms with Gasteiger partial charge in [0.25, 0.3) is 5.91 Å². The Morgan fingerprint density at radius 3 is 2.61 bits per heavy atom. The van der Waals surface area contributed by atoms with Gasteiger partial charge in [-0.2, -0.15) is 0 Å². The summed E-state index contributed by atoms with van der Waals surface area (Å²) >= 11 is 0. The molecule has 1 amide bonds. The normalized spacial score (nSPS) is 23.3. The molecular formula is C20H30N2O5S. The maximum atomic E-state index is 12.8. The van der Waals surface area contributed by atoms with Crippen molar-refractivity contribution >= 4 is 15.9 Å². The predicted octanol–water partition coefficient (Wildman–Crippen LogP) is 1.85. The van der Waals surface area contributed by atoms with E-state index in [0.29, 0.717) is 31.6 Å². The summed E-state index contributed by atoms with van der Waals surface area (Å²) in [6, 6.07) is 6.89. The number of sulfonamides is 1. The molecule has 8 heteroatoms. The number of amides is 1. The highest BCUT2D eigenvalue weighted by atomic mass is 32.2. The van der Waals surface area contributed by atoms with E-state index >= 15 is 0 Å². The molecular weight excluding hydrogens is 380 g/mol. The van der Waals surface area contributed by atoms with Crippen LogP contribution in [0.15, 0.2) is 24.3 Å². The molecule has 1 N–H and O–H groups in total. The Kier molecular flexibility index (Phi) is 6.95. The first kappa shape index (κ1) is 21.1. The topological polar surface area (TPSA) is 84.9 Å². The van der Waals surface area contributed by atoms with E-state index < -0.39 is 10.0 Å². The van der Waals surface area contributed by atoms with E-state index in [1.54, 1.807) is 12.0 Å². The molecule has 1 aliphatic heterocycles. The predicted molar refractivity (Wildman–Crippen MR) is 107 cm³/mol. The molecule has 0 radical (unpaired) electrons. The number of ether oxygens (including phenoxy) is 2. The third kappa shape index (κ3) is 4.85. The number of rotatable bonds is 8. The molecule has 3 rings (SSSR count). The Labute approximate surface area is 167 Å². The smallest absolute Gasteiger partial charge is 0.260 e. The minimum absolute atomic E-state index is 0.0762. The van der Waals surface area contributed by atoms with Gasteiger partial charge in [0.2, 0.25) is 10.0 Å². The lowest BCUT2D eigenvalue weighted by Gasteiger charge is -2.42. The number of para-hydroxylation sites is 1. The van der Waals surface area contributed by atoms with Gasteiger partial charge in [-0.3, -0.25) is 4.79 Å². The summed E-state index contributed by atoms with van der Waals surface area (Å²) in [5.41, 5.74) is 0.966. The van der Waals surface area contributed by atoms with Crippen molar-refractivity contribution in [2.45, 2.75) is 56.4 Å². The number of carbonyl (C=O) groups is 1. The first-order valence-corrected chi connectivity index (χ1v) is 11.4. The largest absolute Gasteiger partial charge is 0.484 e. The van der Waals surface area contributed by atoms with E-state index in [4.69, 9.17) is 9.47 Å². The van der Waals surface area contributed by atoms with Crippen LogP contribution in [0.4, 0.5) is 0 Å². The maximum Gasteiger partial charge on any atom is 0.260 e. The van der Waals surface area contributed by atoms with Gasteiger partial charge in [0, 0.05) is 19.7 Å². The van der Waals surface area contributed by atoms with Crippen LogP contribution in [-0.2, 0) is 19.6 Å². The zero-order valence-corrected chi connectivity index (χ0v) is 17.4. The minimum Gasteiger partial charge on any atom is -0.484 e. The fourth-order valence-electron chi connectivity index (χ4n) is 3.81. The Morgan fingerprint density at radius 2 is 1.96 bits per heavy atom. The third-order valence-corrected chi connectivity index (χ3v) is 7.67. The SMILES string of the molecule is COC[C@H]1[C@@H](NS(=O)(=O)C2CCC2)CCCN1C(=O)COc1ccccc1C. The van der Waals surface area contributed by atoms with Crippen molar-refractivity contribution in [3.63, 3.8) is 0 Å². The molecule has 1 aromatic carbocycles. The lowest BCUT2D eigenvalue weighted by Crippen LogP contribution is -2.60. The highest BCUT2D eigenvalue weighted by Crippen LogP contribution is 2.27. The monoisotopic (exact) mass is 410 g/mol. The van der Waals surface area contributed by atoms with E-state index in [1.807, 2.05) is 31.2 Å². The Balaban J connectivity index is 1.66. The Bertz CT molecular complexity index is 779. The minimum atomic E-state index is -3.36. The van der Waals surface area contributed by atoms with E-state index in [0.717, 1.165) is 18.4 Å². The summed E-state index contributed by atoms with van der Waals surface area (Å²) < 4.78 is 39.0. The summed E-state index contributed by atoms with van der Waals surface area (Å²) in [6.45, 7) is 2.71. The molecule has 7 nitrogen and oxygen atoms in total. The van der Waals surface area contributed by atoms with Crippen LogP contribution in [0, 0.1) is 6.92 Å². The second-order valence-corrected chi connectivity index (χ2v) is 9.62. The highest BCUT2D eigenvalue weighted by molar-refractivity contribution is 7.90. The van der Waals surface area contributed by atoms with Crippen molar-refractivity contribution in [1.29, 1.82) is 0 Å². The summed E-state index contributed by atoms with van der Waals surface area (Å²) in [6.07, 6.45) is 3.82. The molecule has 1 heterocycles. The summed E-state index contributed by atoms with van der Waals surface area (Å²) in [7, 11) is -1.79. The van der Waals surface area contributed by atoms with Gasteiger partial charge in [-0.25, -0.2) is 13.1 Å². The molecule has 2 atom stereocenters. The number of benzene rings is 1. The molecule has 0 aromatic heterocycles. The molecule has 28 heavy (non-hydrogen) atoms. The molecule has 1 saturated carbocycles. The lowest BCUT2D eigenvalue weighted by atomic mass is 9.97. The van der Waals surface area contributed by atoms with Crippen LogP contribution in [0.25, 0.3) is 0 Å². The van der Waals surface area contributed by atoms with Crippen molar-refractivity contribution in [2.75, 3.05) is 26.9 Å². The second kappa shape index (κ2) is 9.24. The van der Waals surface area contributed by atoms with Crippen LogP contribution in [0.1, 0.15) is 37.7 Å². The van der Waals surface area contributed by atoms with Crippen molar-refractivity contribution in [2.24, 2.45) is 0 Å². The van der Waals surface area contributed by atoms with E-state index in [1.165, 1.54) is 0 Å². The first-order chi connectivity index (χ1) is 13.4. The van der Waals surface area contributed by atoms with Crippen LogP contribution in [-0.4, -0.2) is 63.4 Å². The van der Waals surface area contributed by atoms with Gasteiger partial charge in [-0.05, 0) is 44.2 Å². The number of nitrogens with one attached hydrogen (secondary N) is 1. The van der Waals surface area contributed by atoms with Gasteiger partial charge in [-0.15, -0.1) is 0 Å². The third-order valence-electron chi connectivity index (χ3n) is 5.69. The standard InChI is InChI=1S/C20H30N2O5S/c1-15-7-3-4-11-19(15)27-14-20(23)22-12-6-10-17(18(22)13-26-2)21-28(24,25)16-8-5-9-16/h3-4,7,11,16-18,21H,5-6,8-10,12-14H2,1-2H3/t17-,18-/m0/s1. The van der Waals surface area contributed by atoms with Crippen LogP contribution in [0.3, 0.4) is 0 Å². The van der Waals surface area contributed by atoms with E-state index in [-0.39, 0.29) is 36.5 Å². The van der Waals surface area contributed by atoms with Crippen molar-refractivity contribution in [3.05, 3.63) is 29.8 Å². The molecule has 2 aliphatic rings. The van der Waals surface area contributed by atoms with E-state index in [9.17, 15) is 13.2 Å². The molecule has 2 fully saturated rings. The fourth-order valence-corrected chi connectivity index (χ4v) is 5.65. The number of nitrogens with zero attached hydrogens (tertiary/aromatic N) is 1. The van der Waals surface area contributed by atoms with E-state index in [2.05, 4.69) is 4.72 Å². The molecule has 0 unspecified atom stereocenters. The zero-order valence-electron chi connectivity index (χ0n) is 16.6. The van der Waals surface area contributed by atoms with Gasteiger partial charge in [-0.1, -0.05) is 24.6 Å². The van der Waals surface area contributed by atoms with Gasteiger partial charge < -0.3 is 14.4 Å². The second-order valence-electron chi connectivity index (χ2n) is 7.63. The number of hydrogen-bond acceptors (Lipinski definition) is 5. The van der Waals surface area contributed by atoms with Crippen LogP contribution in [0.2, 0.25) is 0 Å².